The maximum Gasteiger partial charge on any atom is 0.123 e. The first-order chi connectivity index (χ1) is 8.19. The molecule has 0 aliphatic rings. The fourth-order valence-electron chi connectivity index (χ4n) is 1.83. The minimum Gasteiger partial charge on any atom is -0.396 e. The molecule has 0 heterocycles. The summed E-state index contributed by atoms with van der Waals surface area (Å²) in [5.41, 5.74) is 7.27. The lowest BCUT2D eigenvalue weighted by atomic mass is 10.1. The lowest BCUT2D eigenvalue weighted by molar-refractivity contribution is 0.225. The van der Waals surface area contributed by atoms with E-state index in [9.17, 15) is 4.39 Å². The number of hydrogen-bond donors (Lipinski definition) is 2. The highest BCUT2D eigenvalue weighted by Crippen LogP contribution is 2.11. The Balaban J connectivity index is 2.68. The van der Waals surface area contributed by atoms with Gasteiger partial charge >= 0.3 is 0 Å². The number of aliphatic hydroxyl groups is 1. The Kier molecular flexibility index (Phi) is 6.11. The van der Waals surface area contributed by atoms with Gasteiger partial charge in [-0.2, -0.15) is 0 Å². The van der Waals surface area contributed by atoms with Gasteiger partial charge in [0.05, 0.1) is 0 Å². The van der Waals surface area contributed by atoms with Crippen LogP contribution in [-0.2, 0) is 13.1 Å². The normalized spacial score (nSPS) is 11.1. The molecule has 0 aliphatic carbocycles. The Bertz CT molecular complexity index is 344. The molecule has 0 spiro atoms. The van der Waals surface area contributed by atoms with E-state index in [4.69, 9.17) is 10.8 Å². The van der Waals surface area contributed by atoms with Crippen molar-refractivity contribution < 1.29 is 9.50 Å². The number of benzene rings is 1. The minimum atomic E-state index is -0.235. The maximum atomic E-state index is 13.3. The molecule has 0 aliphatic heterocycles. The second kappa shape index (κ2) is 7.37. The first-order valence-electron chi connectivity index (χ1n) is 6.01. The molecule has 0 unspecified atom stereocenters. The number of aliphatic hydroxyl groups excluding tert-OH is 1. The molecule has 17 heavy (non-hydrogen) atoms. The zero-order valence-corrected chi connectivity index (χ0v) is 10.3. The van der Waals surface area contributed by atoms with Crippen LogP contribution in [0.1, 0.15) is 24.5 Å². The minimum absolute atomic E-state index is 0.188. The Morgan fingerprint density at radius 3 is 2.59 bits per heavy atom. The molecule has 0 radical (unpaired) electrons. The van der Waals surface area contributed by atoms with Crippen molar-refractivity contribution in [3.05, 3.63) is 35.1 Å². The lowest BCUT2D eigenvalue weighted by Crippen LogP contribution is -2.24. The van der Waals surface area contributed by atoms with Crippen LogP contribution in [0.4, 0.5) is 4.39 Å². The summed E-state index contributed by atoms with van der Waals surface area (Å²) < 4.78 is 13.3. The average Bonchev–Trinajstić information content (AvgIpc) is 2.33. The van der Waals surface area contributed by atoms with Crippen molar-refractivity contribution in [3.63, 3.8) is 0 Å². The molecule has 0 saturated heterocycles. The fraction of sp³-hybridized carbons (Fsp3) is 0.538. The molecule has 4 heteroatoms. The zero-order valence-electron chi connectivity index (χ0n) is 10.3. The van der Waals surface area contributed by atoms with Gasteiger partial charge in [-0.05, 0) is 36.2 Å². The lowest BCUT2D eigenvalue weighted by Gasteiger charge is -2.20. The van der Waals surface area contributed by atoms with Gasteiger partial charge in [0.15, 0.2) is 0 Å². The summed E-state index contributed by atoms with van der Waals surface area (Å²) in [7, 11) is 0. The van der Waals surface area contributed by atoms with Crippen molar-refractivity contribution >= 4 is 0 Å². The Labute approximate surface area is 102 Å². The Morgan fingerprint density at radius 1 is 1.29 bits per heavy atom. The predicted octanol–water partition coefficient (Wildman–Crippen LogP) is 1.49. The van der Waals surface area contributed by atoms with E-state index in [1.54, 1.807) is 6.07 Å². The van der Waals surface area contributed by atoms with Gasteiger partial charge in [-0.15, -0.1) is 0 Å². The van der Waals surface area contributed by atoms with Gasteiger partial charge in [0.1, 0.15) is 5.82 Å². The van der Waals surface area contributed by atoms with Crippen molar-refractivity contribution in [2.24, 2.45) is 5.73 Å². The molecule has 0 bridgehead atoms. The Hall–Kier alpha value is -0.970. The maximum absolute atomic E-state index is 13.3. The molecule has 0 aromatic heterocycles. The number of hydrogen-bond acceptors (Lipinski definition) is 3. The van der Waals surface area contributed by atoms with Gasteiger partial charge < -0.3 is 10.8 Å². The van der Waals surface area contributed by atoms with E-state index >= 15 is 0 Å². The highest BCUT2D eigenvalue weighted by molar-refractivity contribution is 5.24. The van der Waals surface area contributed by atoms with E-state index in [-0.39, 0.29) is 12.4 Å². The van der Waals surface area contributed by atoms with Crippen molar-refractivity contribution in [1.82, 2.24) is 4.90 Å². The second-order valence-electron chi connectivity index (χ2n) is 4.12. The van der Waals surface area contributed by atoms with Gasteiger partial charge in [0.2, 0.25) is 0 Å². The molecule has 1 rings (SSSR count). The summed E-state index contributed by atoms with van der Waals surface area (Å²) in [5, 5.41) is 8.80. The largest absolute Gasteiger partial charge is 0.396 e. The second-order valence-corrected chi connectivity index (χ2v) is 4.12. The topological polar surface area (TPSA) is 49.5 Å². The van der Waals surface area contributed by atoms with E-state index in [0.29, 0.717) is 13.1 Å². The summed E-state index contributed by atoms with van der Waals surface area (Å²) in [6.45, 7) is 5.00. The standard InChI is InChI=1S/C13H21FN2O/c1-2-16(4-3-5-17)10-12-6-11(9-15)7-13(14)8-12/h6-8,17H,2-5,9-10,15H2,1H3. The van der Waals surface area contributed by atoms with Crippen LogP contribution in [0.5, 0.6) is 0 Å². The molecule has 3 nitrogen and oxygen atoms in total. The molecule has 0 fully saturated rings. The summed E-state index contributed by atoms with van der Waals surface area (Å²) in [5.74, 6) is -0.235. The molecule has 3 N–H and O–H groups in total. The molecule has 96 valence electrons. The predicted molar refractivity (Wildman–Crippen MR) is 66.9 cm³/mol. The van der Waals surface area contributed by atoms with Crippen LogP contribution in [-0.4, -0.2) is 29.7 Å². The smallest absolute Gasteiger partial charge is 0.123 e. The first kappa shape index (κ1) is 14.1. The van der Waals surface area contributed by atoms with Gasteiger partial charge in [-0.1, -0.05) is 13.0 Å². The van der Waals surface area contributed by atoms with Crippen LogP contribution >= 0.6 is 0 Å². The molecule has 0 atom stereocenters. The van der Waals surface area contributed by atoms with Gasteiger partial charge in [-0.25, -0.2) is 4.39 Å². The van der Waals surface area contributed by atoms with Crippen LogP contribution < -0.4 is 5.73 Å². The van der Waals surface area contributed by atoms with Crippen LogP contribution in [0.15, 0.2) is 18.2 Å². The molecule has 0 saturated carbocycles. The summed E-state index contributed by atoms with van der Waals surface area (Å²) in [4.78, 5) is 2.17. The van der Waals surface area contributed by atoms with Crippen LogP contribution in [0.25, 0.3) is 0 Å². The number of nitrogens with two attached hydrogens (primary N) is 1. The average molecular weight is 240 g/mol. The van der Waals surface area contributed by atoms with E-state index in [0.717, 1.165) is 30.6 Å². The third kappa shape index (κ3) is 4.81. The SMILES string of the molecule is CCN(CCCO)Cc1cc(F)cc(CN)c1. The van der Waals surface area contributed by atoms with E-state index < -0.39 is 0 Å². The quantitative estimate of drug-likeness (QED) is 0.759. The third-order valence-electron chi connectivity index (χ3n) is 2.74. The summed E-state index contributed by atoms with van der Waals surface area (Å²) >= 11 is 0. The molecule has 0 amide bonds. The third-order valence-corrected chi connectivity index (χ3v) is 2.74. The summed E-state index contributed by atoms with van der Waals surface area (Å²) in [6, 6.07) is 4.94. The Morgan fingerprint density at radius 2 is 2.00 bits per heavy atom. The monoisotopic (exact) mass is 240 g/mol. The van der Waals surface area contributed by atoms with Crippen molar-refractivity contribution in [2.45, 2.75) is 26.4 Å². The van der Waals surface area contributed by atoms with E-state index in [1.165, 1.54) is 6.07 Å². The highest BCUT2D eigenvalue weighted by atomic mass is 19.1. The van der Waals surface area contributed by atoms with Crippen LogP contribution in [0.2, 0.25) is 0 Å². The zero-order chi connectivity index (χ0) is 12.7. The van der Waals surface area contributed by atoms with Crippen molar-refractivity contribution in [1.29, 1.82) is 0 Å². The molecular formula is C13H21FN2O. The van der Waals surface area contributed by atoms with Gasteiger partial charge in [-0.3, -0.25) is 4.90 Å². The van der Waals surface area contributed by atoms with E-state index in [1.807, 2.05) is 6.07 Å². The molecule has 1 aromatic rings. The molecule has 1 aromatic carbocycles. The highest BCUT2D eigenvalue weighted by Gasteiger charge is 2.05. The first-order valence-corrected chi connectivity index (χ1v) is 6.01. The number of nitrogens with zero attached hydrogens (tertiary/aromatic N) is 1. The van der Waals surface area contributed by atoms with Gasteiger partial charge in [0, 0.05) is 26.2 Å². The van der Waals surface area contributed by atoms with Crippen molar-refractivity contribution in [3.8, 4) is 0 Å². The van der Waals surface area contributed by atoms with Crippen LogP contribution in [0.3, 0.4) is 0 Å². The summed E-state index contributed by atoms with van der Waals surface area (Å²) in [6.07, 6.45) is 0.743. The van der Waals surface area contributed by atoms with Crippen LogP contribution in [0, 0.1) is 5.82 Å². The number of rotatable bonds is 7. The van der Waals surface area contributed by atoms with Gasteiger partial charge in [0.25, 0.3) is 0 Å². The van der Waals surface area contributed by atoms with E-state index in [2.05, 4.69) is 11.8 Å². The van der Waals surface area contributed by atoms with Crippen molar-refractivity contribution in [2.75, 3.05) is 19.7 Å². The fourth-order valence-corrected chi connectivity index (χ4v) is 1.83. The molecular weight excluding hydrogens is 219 g/mol. The number of halogens is 1.